The van der Waals surface area contributed by atoms with Crippen molar-refractivity contribution >= 4 is 11.0 Å². The molecule has 1 saturated heterocycles. The molecule has 2 aliphatic carbocycles. The van der Waals surface area contributed by atoms with Gasteiger partial charge in [-0.05, 0) is 107 Å². The number of hydrogen-bond acceptors (Lipinski definition) is 2. The first-order valence-electron chi connectivity index (χ1n) is 13.5. The molecule has 3 aromatic rings. The van der Waals surface area contributed by atoms with E-state index in [9.17, 15) is 0 Å². The molecule has 0 N–H and O–H groups in total. The molecule has 0 amide bonds. The quantitative estimate of drug-likeness (QED) is 0.385. The number of aromatic nitrogens is 2. The van der Waals surface area contributed by atoms with E-state index in [-0.39, 0.29) is 5.54 Å². The van der Waals surface area contributed by atoms with Crippen molar-refractivity contribution in [3.63, 3.8) is 0 Å². The van der Waals surface area contributed by atoms with Crippen molar-refractivity contribution in [1.82, 2.24) is 14.5 Å². The monoisotopic (exact) mass is 465 g/mol. The first kappa shape index (κ1) is 22.6. The zero-order valence-corrected chi connectivity index (χ0v) is 22.1. The van der Waals surface area contributed by atoms with Gasteiger partial charge in [-0.3, -0.25) is 0 Å². The maximum Gasteiger partial charge on any atom is 0.135 e. The highest BCUT2D eigenvalue weighted by molar-refractivity contribution is 5.78. The van der Waals surface area contributed by atoms with Gasteiger partial charge in [0, 0.05) is 24.7 Å². The van der Waals surface area contributed by atoms with Gasteiger partial charge in [0.05, 0.1) is 16.6 Å². The molecule has 1 saturated carbocycles. The second kappa shape index (κ2) is 8.40. The fourth-order valence-corrected chi connectivity index (χ4v) is 6.26. The average Bonchev–Trinajstić information content (AvgIpc) is 3.48. The van der Waals surface area contributed by atoms with Crippen molar-refractivity contribution in [2.75, 3.05) is 6.54 Å². The van der Waals surface area contributed by atoms with Crippen LogP contribution >= 0.6 is 0 Å². The number of fused-ring (bicyclic) bond motifs is 1. The van der Waals surface area contributed by atoms with Gasteiger partial charge in [0.15, 0.2) is 0 Å². The molecular weight excluding hydrogens is 426 g/mol. The van der Waals surface area contributed by atoms with E-state index in [0.717, 1.165) is 31.8 Å². The summed E-state index contributed by atoms with van der Waals surface area (Å²) in [6, 6.07) is 13.8. The van der Waals surface area contributed by atoms with E-state index in [4.69, 9.17) is 4.98 Å². The second-order valence-electron chi connectivity index (χ2n) is 11.6. The molecule has 182 valence electrons. The number of rotatable bonds is 5. The van der Waals surface area contributed by atoms with E-state index in [1.807, 2.05) is 0 Å². The van der Waals surface area contributed by atoms with Gasteiger partial charge >= 0.3 is 0 Å². The molecule has 2 atom stereocenters. The molecule has 6 rings (SSSR count). The first-order valence-corrected chi connectivity index (χ1v) is 13.5. The van der Waals surface area contributed by atoms with Crippen LogP contribution in [0.1, 0.15) is 79.9 Å². The molecule has 3 aliphatic rings. The summed E-state index contributed by atoms with van der Waals surface area (Å²) in [6.45, 7) is 13.6. The van der Waals surface area contributed by atoms with Crippen molar-refractivity contribution in [1.29, 1.82) is 0 Å². The third-order valence-electron chi connectivity index (χ3n) is 8.86. The smallest absolute Gasteiger partial charge is 0.135 e. The molecule has 35 heavy (non-hydrogen) atoms. The Balaban J connectivity index is 1.44. The lowest BCUT2D eigenvalue weighted by molar-refractivity contribution is 0.190. The summed E-state index contributed by atoms with van der Waals surface area (Å²) in [4.78, 5) is 8.08. The van der Waals surface area contributed by atoms with Crippen LogP contribution in [0.25, 0.3) is 11.0 Å². The molecular formula is C32H39N3. The summed E-state index contributed by atoms with van der Waals surface area (Å²) in [5.74, 6) is 2.52. The zero-order valence-electron chi connectivity index (χ0n) is 22.1. The molecule has 2 heterocycles. The lowest BCUT2D eigenvalue weighted by Crippen LogP contribution is -2.41. The number of hydrogen-bond donors (Lipinski definition) is 0. The number of benzene rings is 2. The van der Waals surface area contributed by atoms with E-state index in [1.54, 1.807) is 0 Å². The van der Waals surface area contributed by atoms with Crippen molar-refractivity contribution in [2.45, 2.75) is 84.7 Å². The Labute approximate surface area is 210 Å². The van der Waals surface area contributed by atoms with Gasteiger partial charge in [-0.1, -0.05) is 42.0 Å². The Kier molecular flexibility index (Phi) is 5.43. The minimum Gasteiger partial charge on any atom is -0.359 e. The number of imidazole rings is 1. The summed E-state index contributed by atoms with van der Waals surface area (Å²) in [5.41, 5.74) is 10.7. The van der Waals surface area contributed by atoms with Gasteiger partial charge in [-0.25, -0.2) is 4.98 Å². The third-order valence-corrected chi connectivity index (χ3v) is 8.86. The molecule has 2 aromatic carbocycles. The minimum absolute atomic E-state index is 0.0914. The zero-order chi connectivity index (χ0) is 24.3. The van der Waals surface area contributed by atoms with Crippen LogP contribution in [0.15, 0.2) is 59.8 Å². The molecule has 2 fully saturated rings. The lowest BCUT2D eigenvalue weighted by atomic mass is 9.87. The van der Waals surface area contributed by atoms with Gasteiger partial charge in [-0.2, -0.15) is 0 Å². The van der Waals surface area contributed by atoms with E-state index in [2.05, 4.69) is 92.6 Å². The maximum atomic E-state index is 5.38. The Morgan fingerprint density at radius 1 is 1.00 bits per heavy atom. The number of likely N-dealkylation sites (tertiary alicyclic amines) is 1. The van der Waals surface area contributed by atoms with Crippen LogP contribution in [-0.2, 0) is 12.1 Å². The predicted octanol–water partition coefficient (Wildman–Crippen LogP) is 7.70. The molecule has 0 spiro atoms. The van der Waals surface area contributed by atoms with Crippen LogP contribution in [0.4, 0.5) is 0 Å². The van der Waals surface area contributed by atoms with Crippen molar-refractivity contribution in [2.24, 2.45) is 5.92 Å². The molecule has 3 nitrogen and oxygen atoms in total. The fraction of sp³-hybridized carbons (Fsp3) is 0.469. The summed E-state index contributed by atoms with van der Waals surface area (Å²) < 4.78 is 2.59. The Morgan fingerprint density at radius 3 is 2.49 bits per heavy atom. The summed E-state index contributed by atoms with van der Waals surface area (Å²) >= 11 is 0. The normalized spacial score (nSPS) is 24.7. The Bertz CT molecular complexity index is 1340. The van der Waals surface area contributed by atoms with E-state index < -0.39 is 0 Å². The van der Waals surface area contributed by atoms with Crippen LogP contribution in [0.3, 0.4) is 0 Å². The highest BCUT2D eigenvalue weighted by Gasteiger charge is 2.44. The molecule has 3 heteroatoms. The first-order chi connectivity index (χ1) is 16.8. The van der Waals surface area contributed by atoms with Crippen molar-refractivity contribution in [3.05, 3.63) is 87.9 Å². The fourth-order valence-electron chi connectivity index (χ4n) is 6.26. The van der Waals surface area contributed by atoms with Gasteiger partial charge < -0.3 is 9.47 Å². The van der Waals surface area contributed by atoms with Crippen LogP contribution in [-0.4, -0.2) is 21.0 Å². The second-order valence-corrected chi connectivity index (χ2v) is 11.6. The standard InChI is InChI=1S/C32H39N3/c1-21-7-12-26(13-8-21)27-14-9-22(2)29(19-27)35-16-6-15-32(35,5)31-33-28-17-23(3)24(4)18-30(28)34(31)20-25-10-11-25/h7-9,12-13,17-19,25,27H,6,10-11,14-16,20H2,1-5H3/t27?,32-/m0/s1. The number of nitrogens with zero attached hydrogens (tertiary/aromatic N) is 3. The Morgan fingerprint density at radius 2 is 1.74 bits per heavy atom. The van der Waals surface area contributed by atoms with Crippen molar-refractivity contribution in [3.8, 4) is 0 Å². The van der Waals surface area contributed by atoms with Crippen LogP contribution in [0.2, 0.25) is 0 Å². The van der Waals surface area contributed by atoms with E-state index >= 15 is 0 Å². The van der Waals surface area contributed by atoms with E-state index in [1.165, 1.54) is 69.6 Å². The highest BCUT2D eigenvalue weighted by atomic mass is 15.3. The third kappa shape index (κ3) is 3.93. The maximum absolute atomic E-state index is 5.38. The SMILES string of the molecule is CC1=CCC(c2ccc(C)cc2)C=C1N1CCC[C@@]1(C)c1nc2cc(C)c(C)cc2n1CC1CC1. The molecule has 0 radical (unpaired) electrons. The molecule has 1 aliphatic heterocycles. The van der Waals surface area contributed by atoms with Crippen LogP contribution < -0.4 is 0 Å². The van der Waals surface area contributed by atoms with Gasteiger partial charge in [0.25, 0.3) is 0 Å². The summed E-state index contributed by atoms with van der Waals surface area (Å²) in [7, 11) is 0. The van der Waals surface area contributed by atoms with Crippen LogP contribution in [0, 0.1) is 26.7 Å². The van der Waals surface area contributed by atoms with Gasteiger partial charge in [-0.15, -0.1) is 0 Å². The summed E-state index contributed by atoms with van der Waals surface area (Å²) in [6.07, 6.45) is 11.2. The van der Waals surface area contributed by atoms with E-state index in [0.29, 0.717) is 5.92 Å². The predicted molar refractivity (Wildman–Crippen MR) is 146 cm³/mol. The number of aryl methyl sites for hydroxylation is 3. The topological polar surface area (TPSA) is 21.1 Å². The van der Waals surface area contributed by atoms with Gasteiger partial charge in [0.1, 0.15) is 5.82 Å². The Hall–Kier alpha value is -2.81. The number of allylic oxidation sites excluding steroid dienone is 3. The average molecular weight is 466 g/mol. The molecule has 1 unspecified atom stereocenters. The largest absolute Gasteiger partial charge is 0.359 e. The van der Waals surface area contributed by atoms with Crippen molar-refractivity contribution < 1.29 is 0 Å². The van der Waals surface area contributed by atoms with Gasteiger partial charge in [0.2, 0.25) is 0 Å². The molecule has 1 aromatic heterocycles. The van der Waals surface area contributed by atoms with Crippen LogP contribution in [0.5, 0.6) is 0 Å². The molecule has 0 bridgehead atoms. The lowest BCUT2D eigenvalue weighted by Gasteiger charge is -2.40. The summed E-state index contributed by atoms with van der Waals surface area (Å²) in [5, 5.41) is 0. The minimum atomic E-state index is -0.0914. The highest BCUT2D eigenvalue weighted by Crippen LogP contribution is 2.46.